The van der Waals surface area contributed by atoms with Crippen molar-refractivity contribution in [2.24, 2.45) is 0 Å². The first-order valence-corrected chi connectivity index (χ1v) is 6.44. The van der Waals surface area contributed by atoms with Crippen molar-refractivity contribution in [2.45, 2.75) is 26.0 Å². The Morgan fingerprint density at radius 2 is 1.95 bits per heavy atom. The predicted molar refractivity (Wildman–Crippen MR) is 75.1 cm³/mol. The summed E-state index contributed by atoms with van der Waals surface area (Å²) in [6, 6.07) is 7.91. The molecule has 1 aromatic carbocycles. The van der Waals surface area contributed by atoms with Gasteiger partial charge >= 0.3 is 0 Å². The quantitative estimate of drug-likeness (QED) is 0.888. The highest BCUT2D eigenvalue weighted by atomic mass is 16.3. The Balaban J connectivity index is 2.09. The van der Waals surface area contributed by atoms with E-state index in [0.29, 0.717) is 6.42 Å². The molecule has 0 saturated heterocycles. The molecule has 1 unspecified atom stereocenters. The van der Waals surface area contributed by atoms with Gasteiger partial charge in [-0.25, -0.2) is 4.98 Å². The van der Waals surface area contributed by atoms with Crippen molar-refractivity contribution < 1.29 is 5.11 Å². The number of aliphatic hydroxyl groups excluding tert-OH is 1. The molecule has 0 saturated carbocycles. The molecule has 1 heterocycles. The van der Waals surface area contributed by atoms with Gasteiger partial charge in [0.05, 0.1) is 6.10 Å². The van der Waals surface area contributed by atoms with Crippen LogP contribution in [0.1, 0.15) is 24.4 Å². The highest BCUT2D eigenvalue weighted by molar-refractivity contribution is 5.46. The minimum absolute atomic E-state index is 0.481. The highest BCUT2D eigenvalue weighted by Crippen LogP contribution is 2.20. The summed E-state index contributed by atoms with van der Waals surface area (Å²) in [6.45, 7) is 2.78. The van der Waals surface area contributed by atoms with Crippen LogP contribution in [0, 0.1) is 0 Å². The fourth-order valence-corrected chi connectivity index (χ4v) is 2.00. The van der Waals surface area contributed by atoms with Gasteiger partial charge in [-0.15, -0.1) is 0 Å². The largest absolute Gasteiger partial charge is 0.388 e. The van der Waals surface area contributed by atoms with E-state index in [4.69, 9.17) is 0 Å². The summed E-state index contributed by atoms with van der Waals surface area (Å²) >= 11 is 0. The van der Waals surface area contributed by atoms with Gasteiger partial charge in [-0.1, -0.05) is 12.1 Å². The number of aromatic nitrogens is 3. The molecule has 0 amide bonds. The normalized spacial score (nSPS) is 12.4. The van der Waals surface area contributed by atoms with Crippen molar-refractivity contribution in [3.8, 4) is 0 Å². The molecule has 5 nitrogen and oxygen atoms in total. The van der Waals surface area contributed by atoms with E-state index in [1.807, 2.05) is 50.2 Å². The molecule has 0 aliphatic rings. The lowest BCUT2D eigenvalue weighted by Gasteiger charge is -2.15. The van der Waals surface area contributed by atoms with Gasteiger partial charge in [-0.3, -0.25) is 4.68 Å². The van der Waals surface area contributed by atoms with Crippen molar-refractivity contribution in [1.29, 1.82) is 0 Å². The lowest BCUT2D eigenvalue weighted by Crippen LogP contribution is -2.11. The van der Waals surface area contributed by atoms with Crippen LogP contribution in [-0.4, -0.2) is 34.0 Å². The Bertz CT molecular complexity index is 518. The fraction of sp³-hybridized carbons (Fsp3) is 0.429. The summed E-state index contributed by atoms with van der Waals surface area (Å²) in [5, 5.41) is 14.4. The van der Waals surface area contributed by atoms with Gasteiger partial charge in [0.1, 0.15) is 12.2 Å². The van der Waals surface area contributed by atoms with E-state index in [-0.39, 0.29) is 0 Å². The van der Waals surface area contributed by atoms with Gasteiger partial charge < -0.3 is 10.0 Å². The van der Waals surface area contributed by atoms with Gasteiger partial charge in [0.25, 0.3) is 0 Å². The van der Waals surface area contributed by atoms with Crippen LogP contribution >= 0.6 is 0 Å². The van der Waals surface area contributed by atoms with Gasteiger partial charge in [0.15, 0.2) is 0 Å². The van der Waals surface area contributed by atoms with Crippen LogP contribution in [-0.2, 0) is 13.0 Å². The van der Waals surface area contributed by atoms with Gasteiger partial charge in [0, 0.05) is 32.7 Å². The van der Waals surface area contributed by atoms with Gasteiger partial charge in [-0.05, 0) is 24.6 Å². The standard InChI is InChI=1S/C14H20N4O/c1-4-18-14(15-10-16-18)9-13(19)11-5-7-12(8-6-11)17(2)3/h5-8,10,13,19H,4,9H2,1-3H3. The SMILES string of the molecule is CCn1ncnc1CC(O)c1ccc(N(C)C)cc1. The average molecular weight is 260 g/mol. The molecule has 5 heteroatoms. The van der Waals surface area contributed by atoms with Crippen molar-refractivity contribution in [3.05, 3.63) is 42.0 Å². The number of hydrogen-bond acceptors (Lipinski definition) is 4. The predicted octanol–water partition coefficient (Wildman–Crippen LogP) is 1.64. The number of hydrogen-bond donors (Lipinski definition) is 1. The Kier molecular flexibility index (Phi) is 4.16. The van der Waals surface area contributed by atoms with E-state index in [9.17, 15) is 5.11 Å². The molecule has 2 aromatic rings. The van der Waals surface area contributed by atoms with Crippen molar-refractivity contribution in [3.63, 3.8) is 0 Å². The fourth-order valence-electron chi connectivity index (χ4n) is 2.00. The molecule has 0 bridgehead atoms. The molecular formula is C14H20N4O. The average Bonchev–Trinajstić information content (AvgIpc) is 2.86. The minimum Gasteiger partial charge on any atom is -0.388 e. The van der Waals surface area contributed by atoms with E-state index in [1.54, 1.807) is 4.68 Å². The first-order valence-electron chi connectivity index (χ1n) is 6.44. The second-order valence-corrected chi connectivity index (χ2v) is 4.70. The zero-order chi connectivity index (χ0) is 13.8. The molecule has 0 aliphatic heterocycles. The first-order chi connectivity index (χ1) is 9.11. The van der Waals surface area contributed by atoms with Gasteiger partial charge in [-0.2, -0.15) is 5.10 Å². The molecule has 19 heavy (non-hydrogen) atoms. The van der Waals surface area contributed by atoms with Crippen molar-refractivity contribution in [2.75, 3.05) is 19.0 Å². The van der Waals surface area contributed by atoms with Crippen LogP contribution in [0.5, 0.6) is 0 Å². The molecule has 0 aliphatic carbocycles. The third-order valence-electron chi connectivity index (χ3n) is 3.17. The van der Waals surface area contributed by atoms with Crippen LogP contribution < -0.4 is 4.90 Å². The van der Waals surface area contributed by atoms with E-state index >= 15 is 0 Å². The maximum atomic E-state index is 10.2. The third kappa shape index (κ3) is 3.12. The molecule has 0 fully saturated rings. The lowest BCUT2D eigenvalue weighted by atomic mass is 10.1. The van der Waals surface area contributed by atoms with Crippen LogP contribution in [0.2, 0.25) is 0 Å². The molecule has 1 N–H and O–H groups in total. The molecule has 0 spiro atoms. The number of nitrogens with zero attached hydrogens (tertiary/aromatic N) is 4. The monoisotopic (exact) mass is 260 g/mol. The van der Waals surface area contributed by atoms with Crippen LogP contribution in [0.15, 0.2) is 30.6 Å². The maximum absolute atomic E-state index is 10.2. The maximum Gasteiger partial charge on any atom is 0.138 e. The summed E-state index contributed by atoms with van der Waals surface area (Å²) in [5.41, 5.74) is 2.02. The first kappa shape index (κ1) is 13.5. The highest BCUT2D eigenvalue weighted by Gasteiger charge is 2.12. The van der Waals surface area contributed by atoms with Crippen molar-refractivity contribution in [1.82, 2.24) is 14.8 Å². The molecule has 2 rings (SSSR count). The summed E-state index contributed by atoms with van der Waals surface area (Å²) in [7, 11) is 3.99. The molecule has 102 valence electrons. The number of aliphatic hydroxyl groups is 1. The van der Waals surface area contributed by atoms with Crippen molar-refractivity contribution >= 4 is 5.69 Å². The second-order valence-electron chi connectivity index (χ2n) is 4.70. The Labute approximate surface area is 113 Å². The summed E-state index contributed by atoms with van der Waals surface area (Å²) in [4.78, 5) is 6.21. The number of rotatable bonds is 5. The molecule has 1 atom stereocenters. The van der Waals surface area contributed by atoms with Crippen LogP contribution in [0.4, 0.5) is 5.69 Å². The van der Waals surface area contributed by atoms with E-state index in [1.165, 1.54) is 6.33 Å². The van der Waals surface area contributed by atoms with Crippen LogP contribution in [0.3, 0.4) is 0 Å². The van der Waals surface area contributed by atoms with E-state index < -0.39 is 6.10 Å². The molecule has 0 radical (unpaired) electrons. The Morgan fingerprint density at radius 1 is 1.26 bits per heavy atom. The Morgan fingerprint density at radius 3 is 2.53 bits per heavy atom. The third-order valence-corrected chi connectivity index (χ3v) is 3.17. The summed E-state index contributed by atoms with van der Waals surface area (Å²) in [5.74, 6) is 0.812. The minimum atomic E-state index is -0.550. The zero-order valence-electron chi connectivity index (χ0n) is 11.6. The number of benzene rings is 1. The van der Waals surface area contributed by atoms with E-state index in [2.05, 4.69) is 10.1 Å². The zero-order valence-corrected chi connectivity index (χ0v) is 11.6. The number of aryl methyl sites for hydroxylation is 1. The summed E-state index contributed by atoms with van der Waals surface area (Å²) < 4.78 is 1.80. The Hall–Kier alpha value is -1.88. The van der Waals surface area contributed by atoms with Crippen LogP contribution in [0.25, 0.3) is 0 Å². The summed E-state index contributed by atoms with van der Waals surface area (Å²) in [6.07, 6.45) is 1.46. The molecular weight excluding hydrogens is 240 g/mol. The van der Waals surface area contributed by atoms with E-state index in [0.717, 1.165) is 23.6 Å². The lowest BCUT2D eigenvalue weighted by molar-refractivity contribution is 0.174. The second kappa shape index (κ2) is 5.84. The smallest absolute Gasteiger partial charge is 0.138 e. The van der Waals surface area contributed by atoms with Gasteiger partial charge in [0.2, 0.25) is 0 Å². The number of anilines is 1. The molecule has 1 aromatic heterocycles. The topological polar surface area (TPSA) is 54.2 Å².